The van der Waals surface area contributed by atoms with Gasteiger partial charge in [0.1, 0.15) is 17.3 Å². The van der Waals surface area contributed by atoms with Crippen LogP contribution in [0, 0.1) is 11.3 Å². The molecular formula is C11H17N3O. The molecule has 0 aliphatic heterocycles. The van der Waals surface area contributed by atoms with Gasteiger partial charge in [-0.05, 0) is 18.9 Å². The molecule has 0 fully saturated rings. The van der Waals surface area contributed by atoms with Gasteiger partial charge in [-0.1, -0.05) is 13.8 Å². The quantitative estimate of drug-likeness (QED) is 0.584. The summed E-state index contributed by atoms with van der Waals surface area (Å²) >= 11 is 0. The lowest BCUT2D eigenvalue weighted by Crippen LogP contribution is -2.19. The molecule has 0 spiro atoms. The molecule has 1 rings (SSSR count). The predicted molar refractivity (Wildman–Crippen MR) is 60.2 cm³/mol. The Bertz CT molecular complexity index is 349. The molecule has 82 valence electrons. The number of nitrogen functional groups attached to an aromatic ring is 1. The molecule has 0 saturated heterocycles. The highest BCUT2D eigenvalue weighted by atomic mass is 16.5. The number of rotatable bonds is 4. The summed E-state index contributed by atoms with van der Waals surface area (Å²) < 4.78 is 5.67. The Labute approximate surface area is 90.0 Å². The van der Waals surface area contributed by atoms with E-state index in [2.05, 4.69) is 18.8 Å². The summed E-state index contributed by atoms with van der Waals surface area (Å²) in [5.74, 6) is 1.10. The molecule has 3 N–H and O–H groups in total. The number of aromatic nitrogens is 1. The molecular weight excluding hydrogens is 190 g/mol. The van der Waals surface area contributed by atoms with E-state index < -0.39 is 0 Å². The predicted octanol–water partition coefficient (Wildman–Crippen LogP) is 1.79. The highest BCUT2D eigenvalue weighted by molar-refractivity contribution is 5.93. The van der Waals surface area contributed by atoms with Crippen LogP contribution in [0.15, 0.2) is 18.3 Å². The number of ether oxygens (including phenoxy) is 1. The number of pyridine rings is 1. The van der Waals surface area contributed by atoms with Gasteiger partial charge < -0.3 is 10.5 Å². The topological polar surface area (TPSA) is 72.0 Å². The maximum atomic E-state index is 7.26. The zero-order chi connectivity index (χ0) is 11.4. The van der Waals surface area contributed by atoms with Crippen molar-refractivity contribution in [2.75, 3.05) is 0 Å². The summed E-state index contributed by atoms with van der Waals surface area (Å²) in [7, 11) is 0. The summed E-state index contributed by atoms with van der Waals surface area (Å²) in [6, 6.07) is 3.45. The number of nitrogens with one attached hydrogen (secondary N) is 1. The highest BCUT2D eigenvalue weighted by Gasteiger charge is 2.09. The first kappa shape index (κ1) is 11.5. The Kier molecular flexibility index (Phi) is 3.66. The van der Waals surface area contributed by atoms with Crippen LogP contribution in [-0.4, -0.2) is 16.9 Å². The maximum Gasteiger partial charge on any atom is 0.141 e. The van der Waals surface area contributed by atoms with E-state index >= 15 is 0 Å². The number of nitrogens with zero attached hydrogens (tertiary/aromatic N) is 1. The Hall–Kier alpha value is -1.58. The van der Waals surface area contributed by atoms with Crippen LogP contribution in [0.1, 0.15) is 26.5 Å². The Balaban J connectivity index is 2.78. The zero-order valence-corrected chi connectivity index (χ0v) is 9.32. The zero-order valence-electron chi connectivity index (χ0n) is 9.32. The van der Waals surface area contributed by atoms with Crippen molar-refractivity contribution in [2.24, 2.45) is 11.7 Å². The molecule has 4 heteroatoms. The second-order valence-corrected chi connectivity index (χ2v) is 3.86. The first-order chi connectivity index (χ1) is 7.00. The molecule has 0 aromatic carbocycles. The van der Waals surface area contributed by atoms with Gasteiger partial charge in [-0.25, -0.2) is 0 Å². The number of hydrogen-bond donors (Lipinski definition) is 2. The molecule has 1 unspecified atom stereocenters. The highest BCUT2D eigenvalue weighted by Crippen LogP contribution is 2.15. The van der Waals surface area contributed by atoms with E-state index in [1.165, 1.54) is 0 Å². The van der Waals surface area contributed by atoms with Gasteiger partial charge in [0.2, 0.25) is 0 Å². The first-order valence-corrected chi connectivity index (χ1v) is 4.98. The molecule has 1 aromatic heterocycles. The molecule has 0 aliphatic rings. The van der Waals surface area contributed by atoms with Crippen molar-refractivity contribution in [2.45, 2.75) is 26.9 Å². The van der Waals surface area contributed by atoms with Crippen LogP contribution < -0.4 is 10.5 Å². The third kappa shape index (κ3) is 3.23. The normalized spacial score (nSPS) is 12.5. The molecule has 1 heterocycles. The van der Waals surface area contributed by atoms with Gasteiger partial charge in [-0.15, -0.1) is 0 Å². The van der Waals surface area contributed by atoms with Crippen LogP contribution in [0.3, 0.4) is 0 Å². The van der Waals surface area contributed by atoms with Crippen LogP contribution in [0.2, 0.25) is 0 Å². The summed E-state index contributed by atoms with van der Waals surface area (Å²) in [5.41, 5.74) is 5.79. The van der Waals surface area contributed by atoms with Crippen molar-refractivity contribution < 1.29 is 4.74 Å². The second kappa shape index (κ2) is 4.77. The third-order valence-corrected chi connectivity index (χ3v) is 2.27. The van der Waals surface area contributed by atoms with E-state index in [1.807, 2.05) is 6.92 Å². The Morgan fingerprint density at radius 1 is 1.47 bits per heavy atom. The van der Waals surface area contributed by atoms with Gasteiger partial charge in [-0.3, -0.25) is 10.4 Å². The van der Waals surface area contributed by atoms with Crippen molar-refractivity contribution in [1.82, 2.24) is 4.98 Å². The van der Waals surface area contributed by atoms with E-state index in [0.29, 0.717) is 17.4 Å². The first-order valence-electron chi connectivity index (χ1n) is 4.98. The lowest BCUT2D eigenvalue weighted by Gasteiger charge is -2.18. The van der Waals surface area contributed by atoms with Crippen LogP contribution in [0.25, 0.3) is 0 Å². The Morgan fingerprint density at radius 3 is 2.67 bits per heavy atom. The number of nitrogens with two attached hydrogens (primary N) is 1. The van der Waals surface area contributed by atoms with Crippen molar-refractivity contribution >= 4 is 5.84 Å². The largest absolute Gasteiger partial charge is 0.490 e. The molecule has 1 atom stereocenters. The fourth-order valence-electron chi connectivity index (χ4n) is 0.982. The molecule has 0 amide bonds. The van der Waals surface area contributed by atoms with E-state index in [1.54, 1.807) is 18.3 Å². The minimum Gasteiger partial charge on any atom is -0.490 e. The van der Waals surface area contributed by atoms with Gasteiger partial charge >= 0.3 is 0 Å². The molecule has 15 heavy (non-hydrogen) atoms. The number of amidine groups is 1. The van der Waals surface area contributed by atoms with Crippen molar-refractivity contribution in [3.05, 3.63) is 24.0 Å². The smallest absolute Gasteiger partial charge is 0.141 e. The fourth-order valence-corrected chi connectivity index (χ4v) is 0.982. The summed E-state index contributed by atoms with van der Waals surface area (Å²) in [6.07, 6.45) is 1.73. The van der Waals surface area contributed by atoms with Crippen LogP contribution in [-0.2, 0) is 0 Å². The van der Waals surface area contributed by atoms with Crippen LogP contribution in [0.5, 0.6) is 5.75 Å². The molecule has 0 aliphatic carbocycles. The lowest BCUT2D eigenvalue weighted by molar-refractivity contribution is 0.170. The SMILES string of the molecule is CC(C)C(C)Oc1ccnc(C(=N)N)c1. The van der Waals surface area contributed by atoms with Crippen LogP contribution >= 0.6 is 0 Å². The molecule has 4 nitrogen and oxygen atoms in total. The van der Waals surface area contributed by atoms with Gasteiger partial charge in [0.25, 0.3) is 0 Å². The van der Waals surface area contributed by atoms with Crippen molar-refractivity contribution in [3.8, 4) is 5.75 Å². The molecule has 0 bridgehead atoms. The van der Waals surface area contributed by atoms with E-state index in [0.717, 1.165) is 0 Å². The monoisotopic (exact) mass is 207 g/mol. The van der Waals surface area contributed by atoms with Gasteiger partial charge in [0.05, 0.1) is 6.10 Å². The minimum atomic E-state index is -0.0438. The van der Waals surface area contributed by atoms with Crippen molar-refractivity contribution in [1.29, 1.82) is 5.41 Å². The Morgan fingerprint density at radius 2 is 2.13 bits per heavy atom. The summed E-state index contributed by atoms with van der Waals surface area (Å²) in [4.78, 5) is 3.96. The summed E-state index contributed by atoms with van der Waals surface area (Å²) in [5, 5.41) is 7.26. The van der Waals surface area contributed by atoms with Gasteiger partial charge in [-0.2, -0.15) is 0 Å². The third-order valence-electron chi connectivity index (χ3n) is 2.27. The standard InChI is InChI=1S/C11H17N3O/c1-7(2)8(3)15-9-4-5-14-10(6-9)11(12)13/h4-8H,1-3H3,(H3,12,13). The van der Waals surface area contributed by atoms with Gasteiger partial charge in [0, 0.05) is 12.3 Å². The second-order valence-electron chi connectivity index (χ2n) is 3.86. The molecule has 1 aromatic rings. The van der Waals surface area contributed by atoms with E-state index in [-0.39, 0.29) is 11.9 Å². The van der Waals surface area contributed by atoms with Crippen LogP contribution in [0.4, 0.5) is 0 Å². The fraction of sp³-hybridized carbons (Fsp3) is 0.455. The molecule has 0 saturated carbocycles. The van der Waals surface area contributed by atoms with Gasteiger partial charge in [0.15, 0.2) is 0 Å². The molecule has 0 radical (unpaired) electrons. The van der Waals surface area contributed by atoms with E-state index in [9.17, 15) is 0 Å². The van der Waals surface area contributed by atoms with E-state index in [4.69, 9.17) is 15.9 Å². The summed E-state index contributed by atoms with van der Waals surface area (Å²) in [6.45, 7) is 6.20. The average Bonchev–Trinajstić information content (AvgIpc) is 2.18. The number of hydrogen-bond acceptors (Lipinski definition) is 3. The average molecular weight is 207 g/mol. The lowest BCUT2D eigenvalue weighted by atomic mass is 10.1. The minimum absolute atomic E-state index is 0.0438. The maximum absolute atomic E-state index is 7.26. The van der Waals surface area contributed by atoms with Crippen molar-refractivity contribution in [3.63, 3.8) is 0 Å².